The summed E-state index contributed by atoms with van der Waals surface area (Å²) in [6.45, 7) is 10.3. The molecule has 0 saturated carbocycles. The first-order chi connectivity index (χ1) is 22.0. The van der Waals surface area contributed by atoms with Gasteiger partial charge in [-0.15, -0.1) is 5.10 Å². The zero-order valence-electron chi connectivity index (χ0n) is 25.9. The molecule has 8 heteroatoms. The molecule has 1 heterocycles. The van der Waals surface area contributed by atoms with Crippen molar-refractivity contribution in [2.75, 3.05) is 19.8 Å². The Balaban J connectivity index is 1.43. The second-order valence-corrected chi connectivity index (χ2v) is 10.1. The summed E-state index contributed by atoms with van der Waals surface area (Å²) in [6, 6.07) is 13.8. The van der Waals surface area contributed by atoms with Crippen LogP contribution in [0.5, 0.6) is 5.75 Å². The van der Waals surface area contributed by atoms with E-state index < -0.39 is 5.97 Å². The van der Waals surface area contributed by atoms with E-state index in [0.717, 1.165) is 85.4 Å². The van der Waals surface area contributed by atoms with Crippen LogP contribution >= 0.6 is 0 Å². The third kappa shape index (κ3) is 13.4. The van der Waals surface area contributed by atoms with E-state index in [1.54, 1.807) is 0 Å². The van der Waals surface area contributed by atoms with Gasteiger partial charge >= 0.3 is 11.9 Å². The SMILES string of the molecule is C=CC(=O)OCCCCCCOc1ccc(C#Cc2ccc(C#Cc3nnc(CCCCCOC(=O)C=C)o3)c(CC)c2)cc1. The number of carbonyl (C=O) groups is 2. The van der Waals surface area contributed by atoms with Crippen LogP contribution in [-0.2, 0) is 31.9 Å². The Bertz CT molecular complexity index is 1530. The molecule has 0 aliphatic carbocycles. The average molecular weight is 609 g/mol. The molecule has 0 radical (unpaired) electrons. The van der Waals surface area contributed by atoms with Crippen LogP contribution in [0.25, 0.3) is 0 Å². The van der Waals surface area contributed by atoms with Gasteiger partial charge in [-0.05, 0) is 105 Å². The van der Waals surface area contributed by atoms with Crippen molar-refractivity contribution in [2.24, 2.45) is 0 Å². The van der Waals surface area contributed by atoms with E-state index in [-0.39, 0.29) is 11.9 Å². The Morgan fingerprint density at radius 3 is 2.04 bits per heavy atom. The monoisotopic (exact) mass is 608 g/mol. The summed E-state index contributed by atoms with van der Waals surface area (Å²) in [5.41, 5.74) is 3.81. The fraction of sp³-hybridized carbons (Fsp3) is 0.351. The number of aryl methyl sites for hydroxylation is 2. The average Bonchev–Trinajstić information content (AvgIpc) is 3.53. The molecule has 45 heavy (non-hydrogen) atoms. The molecule has 0 amide bonds. The van der Waals surface area contributed by atoms with E-state index in [0.29, 0.717) is 32.1 Å². The summed E-state index contributed by atoms with van der Waals surface area (Å²) >= 11 is 0. The van der Waals surface area contributed by atoms with E-state index >= 15 is 0 Å². The van der Waals surface area contributed by atoms with Crippen LogP contribution in [-0.4, -0.2) is 42.0 Å². The second-order valence-electron chi connectivity index (χ2n) is 10.1. The van der Waals surface area contributed by atoms with Gasteiger partial charge in [-0.2, -0.15) is 0 Å². The zero-order valence-corrected chi connectivity index (χ0v) is 25.9. The molecule has 3 aromatic rings. The Kier molecular flexibility index (Phi) is 15.3. The van der Waals surface area contributed by atoms with Crippen molar-refractivity contribution in [1.29, 1.82) is 0 Å². The normalized spacial score (nSPS) is 10.1. The van der Waals surface area contributed by atoms with Crippen molar-refractivity contribution in [3.8, 4) is 29.4 Å². The molecule has 0 aliphatic rings. The second kappa shape index (κ2) is 20.0. The number of benzene rings is 2. The van der Waals surface area contributed by atoms with E-state index in [1.807, 2.05) is 36.4 Å². The molecular weight excluding hydrogens is 568 g/mol. The van der Waals surface area contributed by atoms with Gasteiger partial charge in [0.1, 0.15) is 5.75 Å². The Labute approximate surface area is 265 Å². The molecule has 0 atom stereocenters. The third-order valence-electron chi connectivity index (χ3n) is 6.63. The van der Waals surface area contributed by atoms with Crippen molar-refractivity contribution in [3.63, 3.8) is 0 Å². The number of hydrogen-bond acceptors (Lipinski definition) is 8. The van der Waals surface area contributed by atoms with Gasteiger partial charge in [0.2, 0.25) is 5.89 Å². The summed E-state index contributed by atoms with van der Waals surface area (Å²) in [5, 5.41) is 8.13. The van der Waals surface area contributed by atoms with Gasteiger partial charge in [0, 0.05) is 35.3 Å². The van der Waals surface area contributed by atoms with E-state index in [1.165, 1.54) is 6.08 Å². The smallest absolute Gasteiger partial charge is 0.330 e. The number of esters is 2. The van der Waals surface area contributed by atoms with Crippen molar-refractivity contribution < 1.29 is 28.2 Å². The van der Waals surface area contributed by atoms with Gasteiger partial charge in [0.25, 0.3) is 5.89 Å². The molecule has 0 saturated heterocycles. The Morgan fingerprint density at radius 2 is 1.38 bits per heavy atom. The molecule has 3 rings (SSSR count). The highest BCUT2D eigenvalue weighted by molar-refractivity contribution is 5.81. The highest BCUT2D eigenvalue weighted by atomic mass is 16.5. The minimum atomic E-state index is -0.403. The summed E-state index contributed by atoms with van der Waals surface area (Å²) < 4.78 is 21.4. The largest absolute Gasteiger partial charge is 0.494 e. The predicted octanol–water partition coefficient (Wildman–Crippen LogP) is 6.54. The van der Waals surface area contributed by atoms with Crippen molar-refractivity contribution in [2.45, 2.75) is 64.7 Å². The maximum absolute atomic E-state index is 11.0. The lowest BCUT2D eigenvalue weighted by molar-refractivity contribution is -0.138. The van der Waals surface area contributed by atoms with E-state index in [9.17, 15) is 9.59 Å². The molecule has 0 unspecified atom stereocenters. The molecule has 1 aromatic heterocycles. The van der Waals surface area contributed by atoms with Gasteiger partial charge in [0.05, 0.1) is 19.8 Å². The number of unbranched alkanes of at least 4 members (excludes halogenated alkanes) is 5. The molecule has 0 bridgehead atoms. The summed E-state index contributed by atoms with van der Waals surface area (Å²) in [5.74, 6) is 13.5. The summed E-state index contributed by atoms with van der Waals surface area (Å²) in [4.78, 5) is 22.1. The third-order valence-corrected chi connectivity index (χ3v) is 6.63. The highest BCUT2D eigenvalue weighted by Gasteiger charge is 2.05. The lowest BCUT2D eigenvalue weighted by Gasteiger charge is -2.06. The van der Waals surface area contributed by atoms with Gasteiger partial charge in [-0.3, -0.25) is 0 Å². The first kappa shape index (κ1) is 34.4. The number of ether oxygens (including phenoxy) is 3. The summed E-state index contributed by atoms with van der Waals surface area (Å²) in [6.07, 6.45) is 10.1. The van der Waals surface area contributed by atoms with Gasteiger partial charge in [-0.1, -0.05) is 42.9 Å². The van der Waals surface area contributed by atoms with Gasteiger partial charge < -0.3 is 18.6 Å². The molecular formula is C37H40N2O6. The molecule has 0 fully saturated rings. The topological polar surface area (TPSA) is 101 Å². The minimum absolute atomic E-state index is 0.284. The first-order valence-corrected chi connectivity index (χ1v) is 15.3. The first-order valence-electron chi connectivity index (χ1n) is 15.3. The van der Waals surface area contributed by atoms with Crippen LogP contribution in [0.3, 0.4) is 0 Å². The maximum atomic E-state index is 11.0. The van der Waals surface area contributed by atoms with Crippen LogP contribution in [0.15, 0.2) is 72.2 Å². The van der Waals surface area contributed by atoms with Crippen molar-refractivity contribution >= 4 is 11.9 Å². The van der Waals surface area contributed by atoms with Crippen molar-refractivity contribution in [3.05, 3.63) is 102 Å². The Hall–Kier alpha value is -5.08. The number of carbonyl (C=O) groups excluding carboxylic acids is 2. The molecule has 0 aliphatic heterocycles. The quantitative estimate of drug-likeness (QED) is 0.0737. The minimum Gasteiger partial charge on any atom is -0.494 e. The fourth-order valence-electron chi connectivity index (χ4n) is 4.16. The Morgan fingerprint density at radius 1 is 0.756 bits per heavy atom. The predicted molar refractivity (Wildman–Crippen MR) is 172 cm³/mol. The van der Waals surface area contributed by atoms with Gasteiger partial charge in [-0.25, -0.2) is 9.59 Å². The number of rotatable bonds is 17. The molecule has 234 valence electrons. The number of aromatic nitrogens is 2. The van der Waals surface area contributed by atoms with Crippen LogP contribution in [0, 0.1) is 23.7 Å². The van der Waals surface area contributed by atoms with Crippen LogP contribution < -0.4 is 4.74 Å². The molecule has 2 aromatic carbocycles. The van der Waals surface area contributed by atoms with Crippen molar-refractivity contribution in [1.82, 2.24) is 10.2 Å². The van der Waals surface area contributed by atoms with E-state index in [4.69, 9.17) is 18.6 Å². The lowest BCUT2D eigenvalue weighted by atomic mass is 10.0. The van der Waals surface area contributed by atoms with Gasteiger partial charge in [0.15, 0.2) is 0 Å². The molecule has 8 nitrogen and oxygen atoms in total. The highest BCUT2D eigenvalue weighted by Crippen LogP contribution is 2.15. The summed E-state index contributed by atoms with van der Waals surface area (Å²) in [7, 11) is 0. The molecule has 0 spiro atoms. The number of nitrogens with zero attached hydrogens (tertiary/aromatic N) is 2. The van der Waals surface area contributed by atoms with Crippen LogP contribution in [0.4, 0.5) is 0 Å². The van der Waals surface area contributed by atoms with Crippen LogP contribution in [0.1, 0.15) is 85.9 Å². The maximum Gasteiger partial charge on any atom is 0.330 e. The van der Waals surface area contributed by atoms with Crippen LogP contribution in [0.2, 0.25) is 0 Å². The van der Waals surface area contributed by atoms with E-state index in [2.05, 4.69) is 60.0 Å². The fourth-order valence-corrected chi connectivity index (χ4v) is 4.16. The molecule has 0 N–H and O–H groups in total. The standard InChI is InChI=1S/C37H40N2O6/c1-4-31-28-30(16-15-29-18-22-33(23-19-29)42-25-11-7-8-12-26-43-36(40)5-2)17-20-32(31)21-24-35-39-38-34(45-35)14-10-9-13-27-44-37(41)6-3/h5-6,17-20,22-23,28H,2-4,7-14,25-27H2,1H3. The lowest BCUT2D eigenvalue weighted by Crippen LogP contribution is -2.02. The zero-order chi connectivity index (χ0) is 32.1. The number of hydrogen-bond donors (Lipinski definition) is 0.